The molecule has 0 spiro atoms. The first-order valence-electron chi connectivity index (χ1n) is 6.00. The van der Waals surface area contributed by atoms with E-state index in [1.807, 2.05) is 22.2 Å². The quantitative estimate of drug-likeness (QED) is 0.575. The van der Waals surface area contributed by atoms with E-state index in [2.05, 4.69) is 10.4 Å². The first-order chi connectivity index (χ1) is 9.69. The fraction of sp³-hybridized carbons (Fsp3) is 0.154. The number of rotatable bonds is 4. The number of thiazole rings is 1. The Hall–Kier alpha value is -1.47. The van der Waals surface area contributed by atoms with Gasteiger partial charge in [0.2, 0.25) is 0 Å². The molecule has 0 aliphatic rings. The Kier molecular flexibility index (Phi) is 3.71. The van der Waals surface area contributed by atoms with E-state index in [4.69, 9.17) is 17.4 Å². The summed E-state index contributed by atoms with van der Waals surface area (Å²) in [5, 5.41) is 2.06. The van der Waals surface area contributed by atoms with Gasteiger partial charge in [0.15, 0.2) is 4.96 Å². The predicted octanol–water partition coefficient (Wildman–Crippen LogP) is 2.94. The average molecular weight is 311 g/mol. The highest BCUT2D eigenvalue weighted by atomic mass is 35.5. The fourth-order valence-corrected chi connectivity index (χ4v) is 3.11. The summed E-state index contributed by atoms with van der Waals surface area (Å²) in [6.45, 7) is 0. The number of nitrogens with zero attached hydrogens (tertiary/aromatic N) is 2. The van der Waals surface area contributed by atoms with Gasteiger partial charge in [-0.25, -0.2) is 9.37 Å². The maximum Gasteiger partial charge on any atom is 0.193 e. The number of nitrogens with one attached hydrogen (secondary N) is 1. The minimum absolute atomic E-state index is 0.0940. The molecule has 0 radical (unpaired) electrons. The number of aromatic nitrogens is 2. The zero-order valence-corrected chi connectivity index (χ0v) is 12.0. The van der Waals surface area contributed by atoms with Crippen LogP contribution in [0.1, 0.15) is 17.3 Å². The van der Waals surface area contributed by atoms with Crippen molar-refractivity contribution in [3.05, 3.63) is 58.1 Å². The van der Waals surface area contributed by atoms with Crippen LogP contribution in [0.4, 0.5) is 4.39 Å². The molecule has 0 fully saturated rings. The van der Waals surface area contributed by atoms with Gasteiger partial charge in [-0.2, -0.15) is 0 Å². The van der Waals surface area contributed by atoms with Crippen molar-refractivity contribution in [2.24, 2.45) is 5.84 Å². The van der Waals surface area contributed by atoms with Crippen molar-refractivity contribution in [1.82, 2.24) is 14.8 Å². The van der Waals surface area contributed by atoms with E-state index in [1.54, 1.807) is 23.5 Å². The lowest BCUT2D eigenvalue weighted by Crippen LogP contribution is -2.30. The average Bonchev–Trinajstić information content (AvgIpc) is 3.00. The van der Waals surface area contributed by atoms with Crippen molar-refractivity contribution in [2.45, 2.75) is 12.5 Å². The molecule has 0 saturated heterocycles. The molecule has 1 atom stereocenters. The number of imidazole rings is 1. The molecule has 0 saturated carbocycles. The van der Waals surface area contributed by atoms with Gasteiger partial charge in [-0.15, -0.1) is 11.3 Å². The second-order valence-corrected chi connectivity index (χ2v) is 5.64. The summed E-state index contributed by atoms with van der Waals surface area (Å²) in [5.41, 5.74) is 4.18. The summed E-state index contributed by atoms with van der Waals surface area (Å²) in [4.78, 5) is 5.40. The van der Waals surface area contributed by atoms with Gasteiger partial charge in [0, 0.05) is 24.2 Å². The fourth-order valence-electron chi connectivity index (χ4n) is 2.13. The van der Waals surface area contributed by atoms with Crippen LogP contribution in [0.5, 0.6) is 0 Å². The molecule has 104 valence electrons. The predicted molar refractivity (Wildman–Crippen MR) is 78.2 cm³/mol. The van der Waals surface area contributed by atoms with E-state index in [0.717, 1.165) is 10.7 Å². The molecule has 2 aromatic heterocycles. The zero-order chi connectivity index (χ0) is 14.1. The molecular weight excluding hydrogens is 299 g/mol. The summed E-state index contributed by atoms with van der Waals surface area (Å²) >= 11 is 7.55. The molecule has 2 heterocycles. The lowest BCUT2D eigenvalue weighted by atomic mass is 10.0. The lowest BCUT2D eigenvalue weighted by Gasteiger charge is -2.16. The molecular formula is C13H12ClFN4S. The number of hydrogen-bond donors (Lipinski definition) is 2. The topological polar surface area (TPSA) is 55.3 Å². The SMILES string of the molecule is NNC(Cc1cn2ccsc2n1)c1cccc(F)c1Cl. The summed E-state index contributed by atoms with van der Waals surface area (Å²) < 4.78 is 15.5. The molecule has 3 rings (SSSR count). The van der Waals surface area contributed by atoms with Crippen molar-refractivity contribution >= 4 is 27.9 Å². The number of nitrogens with two attached hydrogens (primary N) is 1. The van der Waals surface area contributed by atoms with Gasteiger partial charge in [-0.1, -0.05) is 23.7 Å². The van der Waals surface area contributed by atoms with Crippen LogP contribution >= 0.6 is 22.9 Å². The Bertz CT molecular complexity index is 710. The smallest absolute Gasteiger partial charge is 0.193 e. The number of hydrogen-bond acceptors (Lipinski definition) is 4. The third-order valence-corrected chi connectivity index (χ3v) is 4.28. The monoisotopic (exact) mass is 310 g/mol. The summed E-state index contributed by atoms with van der Waals surface area (Å²) in [6.07, 6.45) is 4.41. The van der Waals surface area contributed by atoms with Gasteiger partial charge in [-0.05, 0) is 11.6 Å². The van der Waals surface area contributed by atoms with E-state index < -0.39 is 5.82 Å². The first kappa shape index (κ1) is 13.5. The van der Waals surface area contributed by atoms with E-state index >= 15 is 0 Å². The minimum Gasteiger partial charge on any atom is -0.297 e. The molecule has 3 N–H and O–H groups in total. The van der Waals surface area contributed by atoms with E-state index in [9.17, 15) is 4.39 Å². The molecule has 1 unspecified atom stereocenters. The third-order valence-electron chi connectivity index (χ3n) is 3.11. The van der Waals surface area contributed by atoms with Crippen LogP contribution in [-0.4, -0.2) is 9.38 Å². The number of halogens is 2. The maximum atomic E-state index is 13.5. The van der Waals surface area contributed by atoms with Gasteiger partial charge < -0.3 is 0 Å². The van der Waals surface area contributed by atoms with Crippen molar-refractivity contribution in [2.75, 3.05) is 0 Å². The molecule has 3 aromatic rings. The molecule has 7 heteroatoms. The van der Waals surface area contributed by atoms with Crippen LogP contribution in [0.25, 0.3) is 4.96 Å². The molecule has 1 aromatic carbocycles. The largest absolute Gasteiger partial charge is 0.297 e. The van der Waals surface area contributed by atoms with Crippen molar-refractivity contribution in [3.8, 4) is 0 Å². The normalized spacial score (nSPS) is 12.9. The first-order valence-corrected chi connectivity index (χ1v) is 7.26. The Morgan fingerprint density at radius 3 is 3.10 bits per heavy atom. The van der Waals surface area contributed by atoms with Crippen LogP contribution in [-0.2, 0) is 6.42 Å². The van der Waals surface area contributed by atoms with Crippen molar-refractivity contribution in [1.29, 1.82) is 0 Å². The number of benzene rings is 1. The third kappa shape index (κ3) is 2.43. The van der Waals surface area contributed by atoms with Crippen LogP contribution in [0, 0.1) is 5.82 Å². The molecule has 0 amide bonds. The highest BCUT2D eigenvalue weighted by Gasteiger charge is 2.17. The van der Waals surface area contributed by atoms with E-state index in [0.29, 0.717) is 12.0 Å². The van der Waals surface area contributed by atoms with Crippen LogP contribution in [0.3, 0.4) is 0 Å². The van der Waals surface area contributed by atoms with Crippen molar-refractivity contribution < 1.29 is 4.39 Å². The van der Waals surface area contributed by atoms with Gasteiger partial charge in [0.25, 0.3) is 0 Å². The Morgan fingerprint density at radius 1 is 1.50 bits per heavy atom. The standard InChI is InChI=1S/C13H12ClFN4S/c14-12-9(2-1-3-10(12)15)11(18-16)6-8-7-19-4-5-20-13(19)17-8/h1-5,7,11,18H,6,16H2. The Balaban J connectivity index is 1.90. The van der Waals surface area contributed by atoms with E-state index in [-0.39, 0.29) is 11.1 Å². The molecule has 0 bridgehead atoms. The number of fused-ring (bicyclic) bond motifs is 1. The second-order valence-electron chi connectivity index (χ2n) is 4.39. The molecule has 4 nitrogen and oxygen atoms in total. The summed E-state index contributed by atoms with van der Waals surface area (Å²) in [6, 6.07) is 4.41. The maximum absolute atomic E-state index is 13.5. The van der Waals surface area contributed by atoms with Gasteiger partial charge >= 0.3 is 0 Å². The molecule has 20 heavy (non-hydrogen) atoms. The molecule has 0 aliphatic carbocycles. The van der Waals surface area contributed by atoms with Crippen LogP contribution in [0.2, 0.25) is 5.02 Å². The highest BCUT2D eigenvalue weighted by Crippen LogP contribution is 2.27. The van der Waals surface area contributed by atoms with Crippen molar-refractivity contribution in [3.63, 3.8) is 0 Å². The zero-order valence-electron chi connectivity index (χ0n) is 10.4. The molecule has 0 aliphatic heterocycles. The highest BCUT2D eigenvalue weighted by molar-refractivity contribution is 7.15. The number of hydrazine groups is 1. The van der Waals surface area contributed by atoms with Gasteiger partial charge in [-0.3, -0.25) is 15.7 Å². The van der Waals surface area contributed by atoms with E-state index in [1.165, 1.54) is 6.07 Å². The van der Waals surface area contributed by atoms with Gasteiger partial charge in [0.05, 0.1) is 16.8 Å². The second kappa shape index (κ2) is 5.49. The van der Waals surface area contributed by atoms with Gasteiger partial charge in [0.1, 0.15) is 5.82 Å². The minimum atomic E-state index is -0.449. The Morgan fingerprint density at radius 2 is 2.35 bits per heavy atom. The summed E-state index contributed by atoms with van der Waals surface area (Å²) in [7, 11) is 0. The van der Waals surface area contributed by atoms with Crippen LogP contribution in [0.15, 0.2) is 36.0 Å². The Labute approximate surface area is 124 Å². The lowest BCUT2D eigenvalue weighted by molar-refractivity contribution is 0.540. The summed E-state index contributed by atoms with van der Waals surface area (Å²) in [5.74, 6) is 5.13. The van der Waals surface area contributed by atoms with Crippen LogP contribution < -0.4 is 11.3 Å².